The SMILES string of the molecule is O=S(=O)([O-])[O-].[Cu+2].[Na+]. The van der Waals surface area contributed by atoms with Gasteiger partial charge in [0.15, 0.2) is 0 Å². The molecule has 0 atom stereocenters. The van der Waals surface area contributed by atoms with Crippen molar-refractivity contribution in [2.24, 2.45) is 0 Å². The number of rotatable bonds is 0. The molecular weight excluding hydrogens is 183 g/mol. The van der Waals surface area contributed by atoms with Crippen molar-refractivity contribution in [3.05, 3.63) is 0 Å². The summed E-state index contributed by atoms with van der Waals surface area (Å²) in [6.45, 7) is 0. The van der Waals surface area contributed by atoms with Gasteiger partial charge in [0.05, 0.1) is 0 Å². The molecule has 7 heteroatoms. The summed E-state index contributed by atoms with van der Waals surface area (Å²) in [5, 5.41) is 0. The summed E-state index contributed by atoms with van der Waals surface area (Å²) in [5.41, 5.74) is 0. The van der Waals surface area contributed by atoms with Crippen molar-refractivity contribution in [2.45, 2.75) is 0 Å². The maximum atomic E-state index is 8.52. The average molecular weight is 183 g/mol. The van der Waals surface area contributed by atoms with Crippen LogP contribution in [0.1, 0.15) is 0 Å². The molecule has 0 aliphatic carbocycles. The van der Waals surface area contributed by atoms with E-state index < -0.39 is 10.4 Å². The number of hydrogen-bond donors (Lipinski definition) is 0. The summed E-state index contributed by atoms with van der Waals surface area (Å²) in [7, 11) is -5.17. The molecular formula is CuNaO4S+. The fourth-order valence-corrected chi connectivity index (χ4v) is 0. The molecule has 0 saturated carbocycles. The number of hydrogen-bond acceptors (Lipinski definition) is 4. The minimum absolute atomic E-state index is 0. The Morgan fingerprint density at radius 1 is 1.14 bits per heavy atom. The van der Waals surface area contributed by atoms with Crippen LogP contribution in [0.15, 0.2) is 0 Å². The minimum Gasteiger partial charge on any atom is -0.759 e. The molecule has 0 aromatic rings. The van der Waals surface area contributed by atoms with E-state index in [2.05, 4.69) is 0 Å². The Hall–Kier alpha value is 1.39. The van der Waals surface area contributed by atoms with Crippen LogP contribution in [0.5, 0.6) is 0 Å². The molecule has 0 aromatic heterocycles. The third-order valence-electron chi connectivity index (χ3n) is 0. The summed E-state index contributed by atoms with van der Waals surface area (Å²) in [6, 6.07) is 0. The standard InChI is InChI=1S/Cu.Na.H2O4S/c;;1-5(2,3)4/h;;(H2,1,2,3,4)/q+2;+1;/p-2. The molecule has 4 nitrogen and oxygen atoms in total. The normalized spacial score (nSPS) is 8.29. The molecule has 0 amide bonds. The molecule has 0 unspecified atom stereocenters. The van der Waals surface area contributed by atoms with Gasteiger partial charge in [0.2, 0.25) is 0 Å². The van der Waals surface area contributed by atoms with Crippen LogP contribution in [0.4, 0.5) is 0 Å². The molecule has 7 heavy (non-hydrogen) atoms. The van der Waals surface area contributed by atoms with Gasteiger partial charge in [-0.25, -0.2) is 0 Å². The third kappa shape index (κ3) is 111. The van der Waals surface area contributed by atoms with Crippen molar-refractivity contribution >= 4 is 10.4 Å². The van der Waals surface area contributed by atoms with Crippen molar-refractivity contribution in [1.29, 1.82) is 0 Å². The van der Waals surface area contributed by atoms with Crippen LogP contribution in [-0.4, -0.2) is 17.5 Å². The first-order chi connectivity index (χ1) is 2.00. The summed E-state index contributed by atoms with van der Waals surface area (Å²) in [6.07, 6.45) is 0. The first-order valence-corrected chi connectivity index (χ1v) is 2.00. The summed E-state index contributed by atoms with van der Waals surface area (Å²) < 4.78 is 34.1. The molecule has 0 rings (SSSR count). The van der Waals surface area contributed by atoms with Gasteiger partial charge in [0.1, 0.15) is 0 Å². The third-order valence-corrected chi connectivity index (χ3v) is 0. The van der Waals surface area contributed by atoms with Crippen molar-refractivity contribution in [3.8, 4) is 0 Å². The second-order valence-corrected chi connectivity index (χ2v) is 1.22. The van der Waals surface area contributed by atoms with Crippen LogP contribution >= 0.6 is 0 Å². The summed E-state index contributed by atoms with van der Waals surface area (Å²) in [4.78, 5) is 0. The van der Waals surface area contributed by atoms with Gasteiger partial charge < -0.3 is 9.11 Å². The molecule has 0 spiro atoms. The molecule has 0 heterocycles. The van der Waals surface area contributed by atoms with Crippen molar-refractivity contribution in [3.63, 3.8) is 0 Å². The van der Waals surface area contributed by atoms with Crippen LogP contribution in [0.2, 0.25) is 0 Å². The molecule has 41 valence electrons. The van der Waals surface area contributed by atoms with Crippen molar-refractivity contribution in [2.75, 3.05) is 0 Å². The Kier molecular flexibility index (Phi) is 12.4. The van der Waals surface area contributed by atoms with E-state index in [-0.39, 0.29) is 46.6 Å². The molecule has 0 aliphatic rings. The molecule has 0 fully saturated rings. The van der Waals surface area contributed by atoms with Crippen LogP contribution in [-0.2, 0) is 27.5 Å². The zero-order chi connectivity index (χ0) is 4.50. The molecule has 0 N–H and O–H groups in total. The summed E-state index contributed by atoms with van der Waals surface area (Å²) >= 11 is 0. The van der Waals surface area contributed by atoms with E-state index in [1.54, 1.807) is 0 Å². The predicted octanol–water partition coefficient (Wildman–Crippen LogP) is -4.34. The molecule has 0 bridgehead atoms. The molecule has 1 radical (unpaired) electrons. The van der Waals surface area contributed by atoms with Gasteiger partial charge in [-0.05, 0) is 0 Å². The fourth-order valence-electron chi connectivity index (χ4n) is 0. The second-order valence-electron chi connectivity index (χ2n) is 0.408. The first-order valence-electron chi connectivity index (χ1n) is 0.667. The Labute approximate surface area is 74.0 Å². The van der Waals surface area contributed by atoms with Gasteiger partial charge in [-0.15, -0.1) is 0 Å². The van der Waals surface area contributed by atoms with Crippen molar-refractivity contribution in [1.82, 2.24) is 0 Å². The minimum atomic E-state index is -5.17. The van der Waals surface area contributed by atoms with E-state index in [4.69, 9.17) is 17.5 Å². The Bertz CT molecular complexity index is 94.9. The monoisotopic (exact) mass is 182 g/mol. The van der Waals surface area contributed by atoms with Gasteiger partial charge in [0.25, 0.3) is 0 Å². The van der Waals surface area contributed by atoms with Crippen LogP contribution in [0.25, 0.3) is 0 Å². The van der Waals surface area contributed by atoms with E-state index in [1.165, 1.54) is 0 Å². The maximum Gasteiger partial charge on any atom is 2.00 e. The Balaban J connectivity index is -0.0000000800. The van der Waals surface area contributed by atoms with Crippen LogP contribution in [0.3, 0.4) is 0 Å². The average Bonchev–Trinajstić information content (AvgIpc) is 0.722. The zero-order valence-corrected chi connectivity index (χ0v) is 7.10. The van der Waals surface area contributed by atoms with Gasteiger partial charge >= 0.3 is 46.6 Å². The van der Waals surface area contributed by atoms with E-state index in [0.29, 0.717) is 0 Å². The largest absolute Gasteiger partial charge is 2.00 e. The maximum absolute atomic E-state index is 8.52. The second kappa shape index (κ2) is 5.52. The summed E-state index contributed by atoms with van der Waals surface area (Å²) in [5.74, 6) is 0. The zero-order valence-electron chi connectivity index (χ0n) is 3.34. The van der Waals surface area contributed by atoms with Gasteiger partial charge in [-0.1, -0.05) is 0 Å². The smallest absolute Gasteiger partial charge is 0.759 e. The molecule has 0 aliphatic heterocycles. The Morgan fingerprint density at radius 2 is 1.14 bits per heavy atom. The predicted molar refractivity (Wildman–Crippen MR) is 10.5 cm³/mol. The van der Waals surface area contributed by atoms with Crippen LogP contribution < -0.4 is 29.6 Å². The quantitative estimate of drug-likeness (QED) is 0.216. The van der Waals surface area contributed by atoms with Gasteiger partial charge in [0, 0.05) is 10.4 Å². The molecule has 0 saturated heterocycles. The van der Waals surface area contributed by atoms with Crippen molar-refractivity contribution < 1.29 is 64.1 Å². The van der Waals surface area contributed by atoms with Gasteiger partial charge in [-0.2, -0.15) is 0 Å². The fraction of sp³-hybridized carbons (Fsp3) is 0. The topological polar surface area (TPSA) is 80.3 Å². The Morgan fingerprint density at radius 3 is 1.14 bits per heavy atom. The van der Waals surface area contributed by atoms with E-state index in [0.717, 1.165) is 0 Å². The van der Waals surface area contributed by atoms with E-state index in [1.807, 2.05) is 0 Å². The van der Waals surface area contributed by atoms with E-state index in [9.17, 15) is 0 Å². The first kappa shape index (κ1) is 15.8. The van der Waals surface area contributed by atoms with E-state index >= 15 is 0 Å². The van der Waals surface area contributed by atoms with Gasteiger partial charge in [-0.3, -0.25) is 8.42 Å². The molecule has 0 aromatic carbocycles. The van der Waals surface area contributed by atoms with Crippen LogP contribution in [0, 0.1) is 0 Å².